The van der Waals surface area contributed by atoms with Gasteiger partial charge in [-0.3, -0.25) is 4.68 Å². The van der Waals surface area contributed by atoms with Crippen LogP contribution in [0.1, 0.15) is 30.3 Å². The number of nitrogens with zero attached hydrogens (tertiary/aromatic N) is 5. The van der Waals surface area contributed by atoms with Crippen LogP contribution in [0.15, 0.2) is 40.9 Å². The Hall–Kier alpha value is -2.67. The Morgan fingerprint density at radius 1 is 1.16 bits per heavy atom. The summed E-state index contributed by atoms with van der Waals surface area (Å²) < 4.78 is 7.39. The van der Waals surface area contributed by atoms with Gasteiger partial charge in [-0.1, -0.05) is 18.2 Å². The van der Waals surface area contributed by atoms with E-state index in [2.05, 4.69) is 20.1 Å². The minimum absolute atomic E-state index is 0.388. The highest BCUT2D eigenvalue weighted by Crippen LogP contribution is 2.40. The Morgan fingerprint density at radius 2 is 2.00 bits per heavy atom. The van der Waals surface area contributed by atoms with Crippen molar-refractivity contribution < 1.29 is 9.63 Å². The molecule has 0 bridgehead atoms. The Bertz CT molecular complexity index is 884. The lowest BCUT2D eigenvalue weighted by Gasteiger charge is -2.25. The molecule has 1 aromatic carbocycles. The lowest BCUT2D eigenvalue weighted by Crippen LogP contribution is -2.34. The molecule has 3 heterocycles. The average Bonchev–Trinajstić information content (AvgIpc) is 3.23. The zero-order valence-electron chi connectivity index (χ0n) is 13.7. The quantitative estimate of drug-likeness (QED) is 0.787. The molecule has 2 aromatic heterocycles. The van der Waals surface area contributed by atoms with Crippen LogP contribution in [0.5, 0.6) is 0 Å². The van der Waals surface area contributed by atoms with Gasteiger partial charge in [-0.2, -0.15) is 10.1 Å². The first-order chi connectivity index (χ1) is 12.3. The van der Waals surface area contributed by atoms with E-state index in [4.69, 9.17) is 4.52 Å². The molecule has 1 aliphatic carbocycles. The van der Waals surface area contributed by atoms with Crippen molar-refractivity contribution in [3.63, 3.8) is 0 Å². The number of aliphatic hydroxyl groups excluding tert-OH is 1. The van der Waals surface area contributed by atoms with Crippen LogP contribution < -0.4 is 4.90 Å². The molecule has 0 spiro atoms. The average molecular weight is 337 g/mol. The molecule has 1 atom stereocenters. The van der Waals surface area contributed by atoms with Gasteiger partial charge in [-0.25, -0.2) is 0 Å². The van der Waals surface area contributed by atoms with E-state index in [1.165, 1.54) is 0 Å². The standard InChI is InChI=1S/C18H19N5O2/c24-16(12-6-7-12)15-10-14-11-22(8-9-23(14)20-15)18-19-17(25-21-18)13-4-2-1-3-5-13/h1-5,10,12,16,24H,6-9,11H2/t16-/m0/s1. The van der Waals surface area contributed by atoms with Crippen molar-refractivity contribution >= 4 is 5.95 Å². The van der Waals surface area contributed by atoms with Crippen molar-refractivity contribution in [2.24, 2.45) is 5.92 Å². The Kier molecular flexibility index (Phi) is 3.34. The molecule has 5 rings (SSSR count). The summed E-state index contributed by atoms with van der Waals surface area (Å²) in [6.07, 6.45) is 1.77. The smallest absolute Gasteiger partial charge is 0.266 e. The number of aliphatic hydroxyl groups is 1. The van der Waals surface area contributed by atoms with Gasteiger partial charge in [-0.15, -0.1) is 0 Å². The van der Waals surface area contributed by atoms with Crippen molar-refractivity contribution in [3.8, 4) is 11.5 Å². The molecule has 0 saturated heterocycles. The lowest BCUT2D eigenvalue weighted by atomic mass is 10.1. The predicted octanol–water partition coefficient (Wildman–Crippen LogP) is 2.40. The topological polar surface area (TPSA) is 80.2 Å². The van der Waals surface area contributed by atoms with E-state index in [9.17, 15) is 5.11 Å². The number of fused-ring (bicyclic) bond motifs is 1. The molecular formula is C18H19N5O2. The van der Waals surface area contributed by atoms with Crippen molar-refractivity contribution in [1.82, 2.24) is 19.9 Å². The van der Waals surface area contributed by atoms with Gasteiger partial charge in [-0.05, 0) is 42.1 Å². The first-order valence-corrected chi connectivity index (χ1v) is 8.67. The molecule has 0 radical (unpaired) electrons. The highest BCUT2D eigenvalue weighted by Gasteiger charge is 2.33. The van der Waals surface area contributed by atoms with E-state index in [1.807, 2.05) is 41.1 Å². The second-order valence-electron chi connectivity index (χ2n) is 6.75. The van der Waals surface area contributed by atoms with Crippen LogP contribution in [-0.2, 0) is 13.1 Å². The second-order valence-corrected chi connectivity index (χ2v) is 6.75. The van der Waals surface area contributed by atoms with Crippen molar-refractivity contribution in [2.75, 3.05) is 11.4 Å². The van der Waals surface area contributed by atoms with Crippen LogP contribution in [0.25, 0.3) is 11.5 Å². The molecule has 0 amide bonds. The van der Waals surface area contributed by atoms with Crippen LogP contribution in [0.4, 0.5) is 5.95 Å². The normalized spacial score (nSPS) is 18.2. The Labute approximate surface area is 144 Å². The summed E-state index contributed by atoms with van der Waals surface area (Å²) >= 11 is 0. The number of benzene rings is 1. The number of anilines is 1. The summed E-state index contributed by atoms with van der Waals surface area (Å²) in [5.74, 6) is 1.51. The zero-order chi connectivity index (χ0) is 16.8. The summed E-state index contributed by atoms with van der Waals surface area (Å²) in [6, 6.07) is 11.8. The molecule has 3 aromatic rings. The first-order valence-electron chi connectivity index (χ1n) is 8.67. The molecule has 0 unspecified atom stereocenters. The Morgan fingerprint density at radius 3 is 2.80 bits per heavy atom. The highest BCUT2D eigenvalue weighted by molar-refractivity contribution is 5.54. The fourth-order valence-electron chi connectivity index (χ4n) is 3.30. The van der Waals surface area contributed by atoms with Crippen LogP contribution in [0.3, 0.4) is 0 Å². The van der Waals surface area contributed by atoms with Crippen molar-refractivity contribution in [1.29, 1.82) is 0 Å². The van der Waals surface area contributed by atoms with Gasteiger partial charge in [0.05, 0.1) is 24.5 Å². The lowest BCUT2D eigenvalue weighted by molar-refractivity contribution is 0.148. The molecular weight excluding hydrogens is 318 g/mol. The predicted molar refractivity (Wildman–Crippen MR) is 90.7 cm³/mol. The summed E-state index contributed by atoms with van der Waals surface area (Å²) in [7, 11) is 0. The van der Waals surface area contributed by atoms with Crippen LogP contribution in [-0.4, -0.2) is 31.6 Å². The molecule has 1 saturated carbocycles. The van der Waals surface area contributed by atoms with Gasteiger partial charge in [0.2, 0.25) is 0 Å². The van der Waals surface area contributed by atoms with Crippen LogP contribution >= 0.6 is 0 Å². The second kappa shape index (κ2) is 5.70. The minimum Gasteiger partial charge on any atom is -0.386 e. The molecule has 7 heteroatoms. The monoisotopic (exact) mass is 337 g/mol. The molecule has 1 aliphatic heterocycles. The van der Waals surface area contributed by atoms with Gasteiger partial charge in [0, 0.05) is 12.1 Å². The summed E-state index contributed by atoms with van der Waals surface area (Å²) in [5, 5.41) is 19.0. The van der Waals surface area contributed by atoms with Crippen LogP contribution in [0.2, 0.25) is 0 Å². The fraction of sp³-hybridized carbons (Fsp3) is 0.389. The minimum atomic E-state index is -0.429. The van der Waals surface area contributed by atoms with E-state index >= 15 is 0 Å². The van der Waals surface area contributed by atoms with E-state index in [1.54, 1.807) is 0 Å². The van der Waals surface area contributed by atoms with Crippen molar-refractivity contribution in [3.05, 3.63) is 47.8 Å². The summed E-state index contributed by atoms with van der Waals surface area (Å²) in [6.45, 7) is 2.18. The molecule has 1 N–H and O–H groups in total. The van der Waals surface area contributed by atoms with Gasteiger partial charge in [0.15, 0.2) is 0 Å². The third-order valence-corrected chi connectivity index (χ3v) is 4.91. The maximum atomic E-state index is 10.3. The molecule has 25 heavy (non-hydrogen) atoms. The number of rotatable bonds is 4. The highest BCUT2D eigenvalue weighted by atomic mass is 16.5. The van der Waals surface area contributed by atoms with Crippen LogP contribution in [0, 0.1) is 5.92 Å². The first kappa shape index (κ1) is 14.7. The van der Waals surface area contributed by atoms with Gasteiger partial charge in [0.1, 0.15) is 6.10 Å². The summed E-state index contributed by atoms with van der Waals surface area (Å²) in [4.78, 5) is 6.61. The largest absolute Gasteiger partial charge is 0.386 e. The summed E-state index contributed by atoms with van der Waals surface area (Å²) in [5.41, 5.74) is 2.78. The molecule has 128 valence electrons. The fourth-order valence-corrected chi connectivity index (χ4v) is 3.30. The maximum Gasteiger partial charge on any atom is 0.266 e. The van der Waals surface area contributed by atoms with E-state index in [-0.39, 0.29) is 0 Å². The van der Waals surface area contributed by atoms with Crippen molar-refractivity contribution in [2.45, 2.75) is 32.0 Å². The van der Waals surface area contributed by atoms with E-state index in [0.29, 0.717) is 24.3 Å². The van der Waals surface area contributed by atoms with E-state index < -0.39 is 6.10 Å². The number of aromatic nitrogens is 4. The molecule has 7 nitrogen and oxygen atoms in total. The van der Waals surface area contributed by atoms with Gasteiger partial charge < -0.3 is 14.5 Å². The van der Waals surface area contributed by atoms with E-state index in [0.717, 1.165) is 42.9 Å². The van der Waals surface area contributed by atoms with Gasteiger partial charge >= 0.3 is 0 Å². The number of hydrogen-bond acceptors (Lipinski definition) is 6. The zero-order valence-corrected chi connectivity index (χ0v) is 13.7. The molecule has 1 fully saturated rings. The Balaban J connectivity index is 1.36. The third kappa shape index (κ3) is 2.70. The maximum absolute atomic E-state index is 10.3. The van der Waals surface area contributed by atoms with Gasteiger partial charge in [0.25, 0.3) is 11.8 Å². The third-order valence-electron chi connectivity index (χ3n) is 4.91. The molecule has 2 aliphatic rings. The number of hydrogen-bond donors (Lipinski definition) is 1. The SMILES string of the molecule is O[C@H](c1cc2n(n1)CCN(c1noc(-c3ccccc3)n1)C2)C1CC1.